The summed E-state index contributed by atoms with van der Waals surface area (Å²) in [5.74, 6) is 0. The molecule has 1 aromatic rings. The van der Waals surface area contributed by atoms with Crippen molar-refractivity contribution in [2.45, 2.75) is 32.2 Å². The third-order valence-corrected chi connectivity index (χ3v) is 3.38. The fourth-order valence-electron chi connectivity index (χ4n) is 1.85. The Hall–Kier alpha value is -1.02. The molecule has 1 saturated carbocycles. The van der Waals surface area contributed by atoms with Crippen LogP contribution in [0.25, 0.3) is 0 Å². The molecule has 0 bridgehead atoms. The molecule has 0 heterocycles. The summed E-state index contributed by atoms with van der Waals surface area (Å²) in [5, 5.41) is 0. The van der Waals surface area contributed by atoms with Crippen molar-refractivity contribution < 1.29 is 0 Å². The first-order chi connectivity index (χ1) is 7.00. The Bertz CT molecular complexity index is 367. The summed E-state index contributed by atoms with van der Waals surface area (Å²) >= 11 is 0. The van der Waals surface area contributed by atoms with Crippen LogP contribution in [-0.4, -0.2) is 19.1 Å². The van der Waals surface area contributed by atoms with E-state index < -0.39 is 0 Å². The predicted molar refractivity (Wildman–Crippen MR) is 65.3 cm³/mol. The number of anilines is 1. The van der Waals surface area contributed by atoms with Crippen molar-refractivity contribution in [2.24, 2.45) is 5.73 Å². The van der Waals surface area contributed by atoms with Crippen LogP contribution >= 0.6 is 0 Å². The molecule has 1 aliphatic rings. The van der Waals surface area contributed by atoms with Crippen LogP contribution in [-0.2, 0) is 0 Å². The molecule has 0 spiro atoms. The molecule has 0 aromatic heterocycles. The van der Waals surface area contributed by atoms with Gasteiger partial charge in [0.2, 0.25) is 0 Å². The Morgan fingerprint density at radius 3 is 2.47 bits per heavy atom. The largest absolute Gasteiger partial charge is 0.373 e. The molecule has 0 radical (unpaired) electrons. The summed E-state index contributed by atoms with van der Waals surface area (Å²) in [6.07, 6.45) is 2.34. The van der Waals surface area contributed by atoms with Crippen molar-refractivity contribution in [3.63, 3.8) is 0 Å². The van der Waals surface area contributed by atoms with Gasteiger partial charge in [-0.25, -0.2) is 0 Å². The minimum absolute atomic E-state index is 0.0908. The molecule has 0 saturated heterocycles. The SMILES string of the molecule is Cc1ccc(N(C)CC2(N)CC2)cc1C. The molecule has 1 aromatic carbocycles. The minimum atomic E-state index is 0.0908. The topological polar surface area (TPSA) is 29.3 Å². The standard InChI is InChI=1S/C13H20N2/c1-10-4-5-12(8-11(10)2)15(3)9-13(14)6-7-13/h4-5,8H,6-7,9,14H2,1-3H3. The molecular weight excluding hydrogens is 184 g/mol. The highest BCUT2D eigenvalue weighted by Crippen LogP contribution is 2.33. The van der Waals surface area contributed by atoms with Gasteiger partial charge in [0.15, 0.2) is 0 Å². The molecule has 2 N–H and O–H groups in total. The van der Waals surface area contributed by atoms with Crippen LogP contribution in [0.4, 0.5) is 5.69 Å². The van der Waals surface area contributed by atoms with E-state index in [9.17, 15) is 0 Å². The molecular formula is C13H20N2. The number of likely N-dealkylation sites (N-methyl/N-ethyl adjacent to an activating group) is 1. The number of nitrogens with zero attached hydrogens (tertiary/aromatic N) is 1. The van der Waals surface area contributed by atoms with Crippen molar-refractivity contribution in [1.82, 2.24) is 0 Å². The summed E-state index contributed by atoms with van der Waals surface area (Å²) in [6, 6.07) is 6.59. The van der Waals surface area contributed by atoms with E-state index in [0.717, 1.165) is 6.54 Å². The molecule has 0 atom stereocenters. The van der Waals surface area contributed by atoms with Crippen molar-refractivity contribution in [1.29, 1.82) is 0 Å². The fourth-order valence-corrected chi connectivity index (χ4v) is 1.85. The Morgan fingerprint density at radius 2 is 1.93 bits per heavy atom. The van der Waals surface area contributed by atoms with Crippen molar-refractivity contribution in [3.05, 3.63) is 29.3 Å². The summed E-state index contributed by atoms with van der Waals surface area (Å²) < 4.78 is 0. The van der Waals surface area contributed by atoms with Gasteiger partial charge in [-0.3, -0.25) is 0 Å². The second-order valence-corrected chi connectivity index (χ2v) is 4.99. The molecule has 2 nitrogen and oxygen atoms in total. The molecule has 1 aliphatic carbocycles. The first-order valence-electron chi connectivity index (χ1n) is 5.57. The summed E-state index contributed by atoms with van der Waals surface area (Å²) in [7, 11) is 2.12. The van der Waals surface area contributed by atoms with Gasteiger partial charge >= 0.3 is 0 Å². The van der Waals surface area contributed by atoms with Crippen LogP contribution in [0.15, 0.2) is 18.2 Å². The lowest BCUT2D eigenvalue weighted by Crippen LogP contribution is -2.37. The highest BCUT2D eigenvalue weighted by Gasteiger charge is 2.39. The normalized spacial score (nSPS) is 17.6. The monoisotopic (exact) mass is 204 g/mol. The minimum Gasteiger partial charge on any atom is -0.373 e. The maximum atomic E-state index is 6.11. The number of nitrogens with two attached hydrogens (primary N) is 1. The lowest BCUT2D eigenvalue weighted by molar-refractivity contribution is 0.660. The zero-order valence-electron chi connectivity index (χ0n) is 9.88. The second-order valence-electron chi connectivity index (χ2n) is 4.99. The van der Waals surface area contributed by atoms with E-state index in [1.807, 2.05) is 0 Å². The molecule has 82 valence electrons. The van der Waals surface area contributed by atoms with E-state index >= 15 is 0 Å². The lowest BCUT2D eigenvalue weighted by Gasteiger charge is -2.23. The van der Waals surface area contributed by atoms with Gasteiger partial charge in [0, 0.05) is 24.8 Å². The fraction of sp³-hybridized carbons (Fsp3) is 0.538. The Balaban J connectivity index is 2.11. The molecule has 0 amide bonds. The molecule has 15 heavy (non-hydrogen) atoms. The van der Waals surface area contributed by atoms with Gasteiger partial charge < -0.3 is 10.6 Å². The number of hydrogen-bond donors (Lipinski definition) is 1. The molecule has 2 heteroatoms. The molecule has 1 fully saturated rings. The van der Waals surface area contributed by atoms with Gasteiger partial charge in [-0.15, -0.1) is 0 Å². The first kappa shape index (κ1) is 10.5. The van der Waals surface area contributed by atoms with E-state index in [4.69, 9.17) is 5.73 Å². The zero-order valence-corrected chi connectivity index (χ0v) is 9.88. The lowest BCUT2D eigenvalue weighted by atomic mass is 10.1. The van der Waals surface area contributed by atoms with Crippen LogP contribution in [0, 0.1) is 13.8 Å². The van der Waals surface area contributed by atoms with Crippen LogP contribution in [0.1, 0.15) is 24.0 Å². The molecule has 0 unspecified atom stereocenters. The average Bonchev–Trinajstić information content (AvgIpc) is 2.88. The van der Waals surface area contributed by atoms with Gasteiger partial charge in [-0.05, 0) is 49.9 Å². The third-order valence-electron chi connectivity index (χ3n) is 3.38. The highest BCUT2D eigenvalue weighted by molar-refractivity contribution is 5.50. The van der Waals surface area contributed by atoms with Gasteiger partial charge in [-0.1, -0.05) is 6.07 Å². The Kier molecular flexibility index (Phi) is 2.47. The number of aryl methyl sites for hydroxylation is 2. The Labute approximate surface area is 92.1 Å². The first-order valence-corrected chi connectivity index (χ1v) is 5.57. The molecule has 2 rings (SSSR count). The van der Waals surface area contributed by atoms with E-state index in [0.29, 0.717) is 0 Å². The summed E-state index contributed by atoms with van der Waals surface area (Å²) in [6.45, 7) is 5.27. The predicted octanol–water partition coefficient (Wildman–Crippen LogP) is 2.23. The highest BCUT2D eigenvalue weighted by atomic mass is 15.1. The quantitative estimate of drug-likeness (QED) is 0.818. The van der Waals surface area contributed by atoms with Gasteiger partial charge in [0.05, 0.1) is 0 Å². The van der Waals surface area contributed by atoms with E-state index in [-0.39, 0.29) is 5.54 Å². The van der Waals surface area contributed by atoms with E-state index in [1.165, 1.54) is 29.7 Å². The van der Waals surface area contributed by atoms with Crippen LogP contribution in [0.3, 0.4) is 0 Å². The number of hydrogen-bond acceptors (Lipinski definition) is 2. The maximum Gasteiger partial charge on any atom is 0.0367 e. The number of benzene rings is 1. The van der Waals surface area contributed by atoms with Crippen LogP contribution < -0.4 is 10.6 Å². The van der Waals surface area contributed by atoms with E-state index in [2.05, 4.69) is 44.0 Å². The second kappa shape index (κ2) is 3.53. The van der Waals surface area contributed by atoms with Crippen LogP contribution in [0.2, 0.25) is 0 Å². The van der Waals surface area contributed by atoms with Crippen LogP contribution in [0.5, 0.6) is 0 Å². The van der Waals surface area contributed by atoms with Crippen molar-refractivity contribution in [2.75, 3.05) is 18.5 Å². The van der Waals surface area contributed by atoms with Gasteiger partial charge in [0.1, 0.15) is 0 Å². The number of rotatable bonds is 3. The van der Waals surface area contributed by atoms with Gasteiger partial charge in [-0.2, -0.15) is 0 Å². The maximum absolute atomic E-state index is 6.11. The summed E-state index contributed by atoms with van der Waals surface area (Å²) in [5.41, 5.74) is 10.2. The van der Waals surface area contributed by atoms with E-state index in [1.54, 1.807) is 0 Å². The van der Waals surface area contributed by atoms with Gasteiger partial charge in [0.25, 0.3) is 0 Å². The zero-order chi connectivity index (χ0) is 11.1. The van der Waals surface area contributed by atoms with Crippen molar-refractivity contribution >= 4 is 5.69 Å². The van der Waals surface area contributed by atoms with Crippen molar-refractivity contribution in [3.8, 4) is 0 Å². The average molecular weight is 204 g/mol. The molecule has 0 aliphatic heterocycles. The smallest absolute Gasteiger partial charge is 0.0367 e. The Morgan fingerprint density at radius 1 is 1.27 bits per heavy atom. The summed E-state index contributed by atoms with van der Waals surface area (Å²) in [4.78, 5) is 2.26. The third kappa shape index (κ3) is 2.32.